The molecule has 3 aliphatic rings. The Bertz CT molecular complexity index is 1030. The zero-order valence-electron chi connectivity index (χ0n) is 16.7. The first kappa shape index (κ1) is 19.3. The highest BCUT2D eigenvalue weighted by Gasteiger charge is 2.50. The molecule has 0 saturated carbocycles. The minimum absolute atomic E-state index is 0.151. The van der Waals surface area contributed by atoms with E-state index in [2.05, 4.69) is 32.2 Å². The molecule has 1 saturated heterocycles. The average Bonchev–Trinajstić information content (AvgIpc) is 2.68. The Balaban J connectivity index is 1.80. The fourth-order valence-electron chi connectivity index (χ4n) is 4.61. The first-order valence-corrected chi connectivity index (χ1v) is 12.0. The summed E-state index contributed by atoms with van der Waals surface area (Å²) in [5.41, 5.74) is 5.12. The Morgan fingerprint density at radius 1 is 1.14 bits per heavy atom. The van der Waals surface area contributed by atoms with Crippen molar-refractivity contribution in [2.45, 2.75) is 43.1 Å². The highest BCUT2D eigenvalue weighted by molar-refractivity contribution is 8.17. The molecule has 1 fully saturated rings. The van der Waals surface area contributed by atoms with Crippen molar-refractivity contribution >= 4 is 34.8 Å². The van der Waals surface area contributed by atoms with E-state index in [4.69, 9.17) is 4.74 Å². The van der Waals surface area contributed by atoms with Crippen LogP contribution in [0.25, 0.3) is 16.7 Å². The van der Waals surface area contributed by atoms with Crippen LogP contribution in [0.1, 0.15) is 38.3 Å². The minimum Gasteiger partial charge on any atom is -0.455 e. The number of rotatable bonds is 1. The molecule has 29 heavy (non-hydrogen) atoms. The third-order valence-corrected chi connectivity index (χ3v) is 8.75. The van der Waals surface area contributed by atoms with Gasteiger partial charge in [0.15, 0.2) is 0 Å². The molecule has 0 aliphatic carbocycles. The van der Waals surface area contributed by atoms with E-state index in [9.17, 15) is 9.50 Å². The molecule has 0 amide bonds. The normalized spacial score (nSPS) is 25.1. The Labute approximate surface area is 179 Å². The van der Waals surface area contributed by atoms with Crippen LogP contribution in [0.2, 0.25) is 0 Å². The van der Waals surface area contributed by atoms with E-state index in [-0.39, 0.29) is 15.9 Å². The lowest BCUT2D eigenvalue weighted by molar-refractivity contribution is -0.133. The van der Waals surface area contributed by atoms with Gasteiger partial charge in [-0.15, -0.1) is 23.5 Å². The van der Waals surface area contributed by atoms with Crippen LogP contribution in [0.5, 0.6) is 5.75 Å². The molecule has 0 spiro atoms. The molecule has 0 aromatic heterocycles. The number of halogens is 1. The molecule has 1 unspecified atom stereocenters. The maximum atomic E-state index is 14.1. The predicted octanol–water partition coefficient (Wildman–Crippen LogP) is 5.83. The number of allylic oxidation sites excluding steroid dienone is 1. The van der Waals surface area contributed by atoms with Crippen LogP contribution in [0.3, 0.4) is 0 Å². The third kappa shape index (κ3) is 3.07. The summed E-state index contributed by atoms with van der Waals surface area (Å²) in [6, 6.07) is 8.54. The van der Waals surface area contributed by atoms with Gasteiger partial charge in [0.05, 0.1) is 5.54 Å². The Hall–Kier alpha value is -1.63. The van der Waals surface area contributed by atoms with Crippen LogP contribution in [0.15, 0.2) is 36.4 Å². The lowest BCUT2D eigenvalue weighted by Crippen LogP contribution is -2.46. The summed E-state index contributed by atoms with van der Waals surface area (Å²) < 4.78 is 20.3. The third-order valence-electron chi connectivity index (χ3n) is 5.64. The summed E-state index contributed by atoms with van der Waals surface area (Å²) in [5, 5.41) is 15.6. The van der Waals surface area contributed by atoms with Crippen molar-refractivity contribution in [3.63, 3.8) is 0 Å². The smallest absolute Gasteiger partial charge is 0.257 e. The van der Waals surface area contributed by atoms with Gasteiger partial charge in [-0.1, -0.05) is 12.1 Å². The number of aliphatic hydroxyl groups is 1. The fraction of sp³-hybridized carbons (Fsp3) is 0.391. The van der Waals surface area contributed by atoms with Gasteiger partial charge in [-0.25, -0.2) is 4.39 Å². The van der Waals surface area contributed by atoms with Gasteiger partial charge in [-0.2, -0.15) is 0 Å². The van der Waals surface area contributed by atoms with Crippen LogP contribution in [-0.2, 0) is 5.79 Å². The van der Waals surface area contributed by atoms with Crippen LogP contribution in [-0.4, -0.2) is 26.7 Å². The molecular weight excluding hydrogens is 405 g/mol. The van der Waals surface area contributed by atoms with Gasteiger partial charge in [0.2, 0.25) is 0 Å². The van der Waals surface area contributed by atoms with Crippen molar-refractivity contribution in [3.8, 4) is 16.9 Å². The van der Waals surface area contributed by atoms with E-state index in [1.165, 1.54) is 12.1 Å². The molecule has 2 aromatic rings. The number of benzene rings is 2. The van der Waals surface area contributed by atoms with Gasteiger partial charge in [-0.3, -0.25) is 0 Å². The summed E-state index contributed by atoms with van der Waals surface area (Å²) >= 11 is 3.47. The van der Waals surface area contributed by atoms with E-state index in [1.54, 1.807) is 29.6 Å². The van der Waals surface area contributed by atoms with Gasteiger partial charge in [-0.05, 0) is 74.1 Å². The minimum atomic E-state index is -1.49. The Morgan fingerprint density at radius 2 is 1.90 bits per heavy atom. The molecule has 2 N–H and O–H groups in total. The zero-order chi connectivity index (χ0) is 20.4. The predicted molar refractivity (Wildman–Crippen MR) is 121 cm³/mol. The van der Waals surface area contributed by atoms with E-state index < -0.39 is 5.79 Å². The molecule has 3 heterocycles. The van der Waals surface area contributed by atoms with Crippen molar-refractivity contribution in [2.24, 2.45) is 0 Å². The van der Waals surface area contributed by atoms with Crippen LogP contribution in [0, 0.1) is 5.82 Å². The van der Waals surface area contributed by atoms with E-state index in [0.717, 1.165) is 45.9 Å². The van der Waals surface area contributed by atoms with Crippen molar-refractivity contribution in [3.05, 3.63) is 53.4 Å². The van der Waals surface area contributed by atoms with Crippen molar-refractivity contribution < 1.29 is 14.2 Å². The molecule has 1 atom stereocenters. The number of anilines is 1. The number of thioether (sulfide) groups is 2. The summed E-state index contributed by atoms with van der Waals surface area (Å²) in [6.45, 7) is 6.32. The van der Waals surface area contributed by atoms with Crippen molar-refractivity contribution in [2.75, 3.05) is 16.8 Å². The molecule has 6 heteroatoms. The van der Waals surface area contributed by atoms with Crippen LogP contribution in [0.4, 0.5) is 10.1 Å². The summed E-state index contributed by atoms with van der Waals surface area (Å²) in [5.74, 6) is 0.710. The standard InChI is InChI=1S/C23H24FNO2S2/c1-13-12-22(2,3)25-17-7-6-15-16-11-14(24)5-8-18(16)27-23(26,20(15)19(13)17)21-28-9-4-10-29-21/h5-8,11-12,21,25-26H,4,9-10H2,1-3H3. The zero-order valence-corrected chi connectivity index (χ0v) is 18.3. The first-order valence-electron chi connectivity index (χ1n) is 9.88. The van der Waals surface area contributed by atoms with E-state index >= 15 is 0 Å². The average molecular weight is 430 g/mol. The molecule has 0 radical (unpaired) electrons. The second-order valence-electron chi connectivity index (χ2n) is 8.45. The van der Waals surface area contributed by atoms with Crippen molar-refractivity contribution in [1.29, 1.82) is 0 Å². The SMILES string of the molecule is CC1=CC(C)(C)Nc2ccc3c(c21)C(O)(C1SCCCS1)Oc1ccc(F)cc1-3. The lowest BCUT2D eigenvalue weighted by atomic mass is 9.81. The summed E-state index contributed by atoms with van der Waals surface area (Å²) in [6.07, 6.45) is 3.30. The Kier molecular flexibility index (Phi) is 4.46. The largest absolute Gasteiger partial charge is 0.455 e. The first-order chi connectivity index (χ1) is 13.8. The lowest BCUT2D eigenvalue weighted by Gasteiger charge is -2.44. The van der Waals surface area contributed by atoms with Gasteiger partial charge in [0, 0.05) is 22.4 Å². The van der Waals surface area contributed by atoms with E-state index in [0.29, 0.717) is 11.3 Å². The van der Waals surface area contributed by atoms with Crippen LogP contribution < -0.4 is 10.1 Å². The summed E-state index contributed by atoms with van der Waals surface area (Å²) in [7, 11) is 0. The Morgan fingerprint density at radius 3 is 2.66 bits per heavy atom. The molecule has 152 valence electrons. The fourth-order valence-corrected chi connectivity index (χ4v) is 7.59. The highest BCUT2D eigenvalue weighted by atomic mass is 32.2. The second-order valence-corrected chi connectivity index (χ2v) is 11.2. The quantitative estimate of drug-likeness (QED) is 0.597. The van der Waals surface area contributed by atoms with Gasteiger partial charge >= 0.3 is 0 Å². The number of nitrogens with one attached hydrogen (secondary N) is 1. The summed E-state index contributed by atoms with van der Waals surface area (Å²) in [4.78, 5) is 0. The maximum Gasteiger partial charge on any atom is 0.257 e. The molecule has 0 bridgehead atoms. The van der Waals surface area contributed by atoms with Gasteiger partial charge in [0.25, 0.3) is 5.79 Å². The molecular formula is C23H24FNO2S2. The van der Waals surface area contributed by atoms with E-state index in [1.807, 2.05) is 12.1 Å². The molecule has 5 rings (SSSR count). The topological polar surface area (TPSA) is 41.5 Å². The number of fused-ring (bicyclic) bond motifs is 5. The number of ether oxygens (including phenoxy) is 1. The number of hydrogen-bond acceptors (Lipinski definition) is 5. The monoisotopic (exact) mass is 429 g/mol. The number of hydrogen-bond donors (Lipinski definition) is 2. The van der Waals surface area contributed by atoms with Crippen LogP contribution >= 0.6 is 23.5 Å². The molecule has 2 aromatic carbocycles. The second kappa shape index (κ2) is 6.69. The van der Waals surface area contributed by atoms with Crippen molar-refractivity contribution in [1.82, 2.24) is 0 Å². The van der Waals surface area contributed by atoms with Gasteiger partial charge < -0.3 is 15.2 Å². The van der Waals surface area contributed by atoms with Gasteiger partial charge in [0.1, 0.15) is 16.1 Å². The highest BCUT2D eigenvalue weighted by Crippen LogP contribution is 2.55. The molecule has 3 aliphatic heterocycles. The molecule has 3 nitrogen and oxygen atoms in total. The maximum absolute atomic E-state index is 14.1.